The van der Waals surface area contributed by atoms with Gasteiger partial charge >= 0.3 is 0 Å². The molecule has 0 bridgehead atoms. The molecule has 3 N–H and O–H groups in total. The first-order valence-electron chi connectivity index (χ1n) is 11.8. The topological polar surface area (TPSA) is 84.4 Å². The van der Waals surface area contributed by atoms with Crippen LogP contribution in [0.4, 0.5) is 5.95 Å². The van der Waals surface area contributed by atoms with Gasteiger partial charge in [0.1, 0.15) is 11.3 Å². The predicted molar refractivity (Wildman–Crippen MR) is 134 cm³/mol. The molecule has 174 valence electrons. The van der Waals surface area contributed by atoms with Crippen molar-refractivity contribution >= 4 is 5.95 Å². The molecule has 2 atom stereocenters. The number of nitrogens with zero attached hydrogens (tertiary/aromatic N) is 3. The Hall–Kier alpha value is -3.56. The van der Waals surface area contributed by atoms with E-state index in [1.165, 1.54) is 11.1 Å². The molecule has 1 fully saturated rings. The van der Waals surface area contributed by atoms with Crippen LogP contribution in [0, 0.1) is 17.3 Å². The molecule has 2 aliphatic rings. The molecule has 1 spiro atoms. The minimum Gasteiger partial charge on any atom is -0.508 e. The summed E-state index contributed by atoms with van der Waals surface area (Å²) in [7, 11) is 1.76. The highest BCUT2D eigenvalue weighted by Gasteiger charge is 2.46. The van der Waals surface area contributed by atoms with Crippen molar-refractivity contribution in [1.29, 1.82) is 0 Å². The largest absolute Gasteiger partial charge is 0.508 e. The number of rotatable bonds is 2. The minimum absolute atomic E-state index is 0.0637. The SMILES string of the molecule is CC(C#Cc1cnc(N2CCC3(CC2)Cc2ccccc2[C@H]3N)n(C)c1=O)c1cccc(O)c1. The van der Waals surface area contributed by atoms with Crippen molar-refractivity contribution in [1.82, 2.24) is 9.55 Å². The van der Waals surface area contributed by atoms with E-state index < -0.39 is 0 Å². The van der Waals surface area contributed by atoms with E-state index in [1.807, 2.05) is 13.0 Å². The molecule has 1 saturated heterocycles. The quantitative estimate of drug-likeness (QED) is 0.579. The monoisotopic (exact) mass is 454 g/mol. The van der Waals surface area contributed by atoms with E-state index in [0.29, 0.717) is 11.5 Å². The van der Waals surface area contributed by atoms with Crippen molar-refractivity contribution in [3.8, 4) is 17.6 Å². The fourth-order valence-electron chi connectivity index (χ4n) is 5.44. The molecule has 1 unspecified atom stereocenters. The van der Waals surface area contributed by atoms with Gasteiger partial charge < -0.3 is 15.7 Å². The van der Waals surface area contributed by atoms with Gasteiger partial charge in [-0.2, -0.15) is 0 Å². The van der Waals surface area contributed by atoms with Crippen molar-refractivity contribution < 1.29 is 5.11 Å². The number of anilines is 1. The summed E-state index contributed by atoms with van der Waals surface area (Å²) < 4.78 is 1.60. The lowest BCUT2D eigenvalue weighted by molar-refractivity contribution is 0.186. The summed E-state index contributed by atoms with van der Waals surface area (Å²) in [5.74, 6) is 6.88. The van der Waals surface area contributed by atoms with Gasteiger partial charge in [-0.25, -0.2) is 4.98 Å². The zero-order valence-corrected chi connectivity index (χ0v) is 19.7. The van der Waals surface area contributed by atoms with Crippen LogP contribution < -0.4 is 16.2 Å². The van der Waals surface area contributed by atoms with Crippen LogP contribution in [0.5, 0.6) is 5.75 Å². The summed E-state index contributed by atoms with van der Waals surface area (Å²) in [6.45, 7) is 3.59. The third-order valence-electron chi connectivity index (χ3n) is 7.57. The van der Waals surface area contributed by atoms with Crippen LogP contribution >= 0.6 is 0 Å². The molecule has 34 heavy (non-hydrogen) atoms. The molecule has 2 aromatic carbocycles. The third kappa shape index (κ3) is 3.86. The van der Waals surface area contributed by atoms with Gasteiger partial charge in [0, 0.05) is 32.1 Å². The average molecular weight is 455 g/mol. The highest BCUT2D eigenvalue weighted by molar-refractivity contribution is 5.42. The maximum absolute atomic E-state index is 13.0. The van der Waals surface area contributed by atoms with Gasteiger partial charge in [-0.3, -0.25) is 9.36 Å². The highest BCUT2D eigenvalue weighted by atomic mass is 16.3. The number of phenols is 1. The van der Waals surface area contributed by atoms with Crippen molar-refractivity contribution in [3.05, 3.63) is 87.3 Å². The lowest BCUT2D eigenvalue weighted by atomic mass is 9.73. The standard InChI is InChI=1S/C28H30N4O2/c1-19(20-7-5-8-23(33)16-20)10-11-22-18-30-27(31(2)26(22)34)32-14-12-28(13-15-32)17-21-6-3-4-9-24(21)25(28)29/h3-9,16,18-19,25,33H,12-15,17,29H2,1-2H3/t19?,25-/m1/s1. The number of nitrogens with two attached hydrogens (primary N) is 1. The second-order valence-electron chi connectivity index (χ2n) is 9.62. The predicted octanol–water partition coefficient (Wildman–Crippen LogP) is 3.48. The van der Waals surface area contributed by atoms with Crippen LogP contribution in [0.15, 0.2) is 59.5 Å². The second-order valence-corrected chi connectivity index (χ2v) is 9.62. The molecule has 2 heterocycles. The fraction of sp³-hybridized carbons (Fsp3) is 0.357. The number of aromatic hydroxyl groups is 1. The van der Waals surface area contributed by atoms with Crippen molar-refractivity contribution in [2.24, 2.45) is 18.2 Å². The van der Waals surface area contributed by atoms with E-state index in [1.54, 1.807) is 36.0 Å². The molecule has 0 amide bonds. The van der Waals surface area contributed by atoms with Crippen LogP contribution in [0.2, 0.25) is 0 Å². The van der Waals surface area contributed by atoms with E-state index >= 15 is 0 Å². The summed E-state index contributed by atoms with van der Waals surface area (Å²) in [6, 6.07) is 15.6. The summed E-state index contributed by atoms with van der Waals surface area (Å²) in [4.78, 5) is 19.8. The van der Waals surface area contributed by atoms with Gasteiger partial charge in [0.2, 0.25) is 5.95 Å². The zero-order chi connectivity index (χ0) is 23.9. The van der Waals surface area contributed by atoms with Gasteiger partial charge in [-0.15, -0.1) is 0 Å². The number of aromatic nitrogens is 2. The molecule has 6 nitrogen and oxygen atoms in total. The van der Waals surface area contributed by atoms with Crippen LogP contribution in [-0.2, 0) is 13.5 Å². The van der Waals surface area contributed by atoms with Crippen LogP contribution in [-0.4, -0.2) is 27.7 Å². The van der Waals surface area contributed by atoms with Gasteiger partial charge in [0.05, 0.1) is 6.20 Å². The fourth-order valence-corrected chi connectivity index (χ4v) is 5.44. The molecular formula is C28H30N4O2. The Morgan fingerprint density at radius 3 is 2.68 bits per heavy atom. The molecule has 6 heteroatoms. The number of phenolic OH excluding ortho intramolecular Hbond substituents is 1. The zero-order valence-electron chi connectivity index (χ0n) is 19.7. The van der Waals surface area contributed by atoms with Crippen molar-refractivity contribution in [2.75, 3.05) is 18.0 Å². The molecule has 3 aromatic rings. The smallest absolute Gasteiger partial charge is 0.270 e. The second kappa shape index (κ2) is 8.66. The first-order chi connectivity index (χ1) is 16.4. The molecule has 0 radical (unpaired) electrons. The van der Waals surface area contributed by atoms with Crippen molar-refractivity contribution in [3.63, 3.8) is 0 Å². The van der Waals surface area contributed by atoms with Gasteiger partial charge in [0.25, 0.3) is 5.56 Å². The normalized spacial score (nSPS) is 19.4. The molecule has 1 aliphatic heterocycles. The summed E-state index contributed by atoms with van der Waals surface area (Å²) >= 11 is 0. The molecule has 1 aliphatic carbocycles. The maximum atomic E-state index is 13.0. The molecule has 1 aromatic heterocycles. The Morgan fingerprint density at radius 1 is 1.18 bits per heavy atom. The summed E-state index contributed by atoms with van der Waals surface area (Å²) in [5.41, 5.74) is 10.6. The van der Waals surface area contributed by atoms with E-state index in [0.717, 1.165) is 37.9 Å². The van der Waals surface area contributed by atoms with E-state index in [-0.39, 0.29) is 28.7 Å². The summed E-state index contributed by atoms with van der Waals surface area (Å²) in [5, 5.41) is 9.69. The molecule has 5 rings (SSSR count). The Kier molecular flexibility index (Phi) is 5.66. The number of fused-ring (bicyclic) bond motifs is 1. The lowest BCUT2D eigenvalue weighted by Crippen LogP contribution is -2.46. The van der Waals surface area contributed by atoms with Gasteiger partial charge in [0.15, 0.2) is 0 Å². The summed E-state index contributed by atoms with van der Waals surface area (Å²) in [6.07, 6.45) is 4.56. The lowest BCUT2D eigenvalue weighted by Gasteiger charge is -2.42. The Bertz CT molecular complexity index is 1340. The Labute approximate surface area is 200 Å². The Morgan fingerprint density at radius 2 is 1.94 bits per heavy atom. The average Bonchev–Trinajstić information content (AvgIpc) is 3.12. The van der Waals surface area contributed by atoms with E-state index in [9.17, 15) is 9.90 Å². The number of hydrogen-bond donors (Lipinski definition) is 2. The molecular weight excluding hydrogens is 424 g/mol. The van der Waals surface area contributed by atoms with Gasteiger partial charge in [-0.05, 0) is 60.4 Å². The Balaban J connectivity index is 1.31. The van der Waals surface area contributed by atoms with E-state index in [4.69, 9.17) is 5.73 Å². The number of hydrogen-bond acceptors (Lipinski definition) is 5. The van der Waals surface area contributed by atoms with E-state index in [2.05, 4.69) is 46.0 Å². The number of piperidine rings is 1. The van der Waals surface area contributed by atoms with Crippen LogP contribution in [0.1, 0.15) is 54.0 Å². The van der Waals surface area contributed by atoms with Crippen LogP contribution in [0.3, 0.4) is 0 Å². The van der Waals surface area contributed by atoms with Crippen LogP contribution in [0.25, 0.3) is 0 Å². The number of benzene rings is 2. The van der Waals surface area contributed by atoms with Gasteiger partial charge in [-0.1, -0.05) is 48.2 Å². The third-order valence-corrected chi connectivity index (χ3v) is 7.57. The maximum Gasteiger partial charge on any atom is 0.270 e. The first kappa shape index (κ1) is 22.2. The first-order valence-corrected chi connectivity index (χ1v) is 11.8. The minimum atomic E-state index is -0.147. The molecule has 0 saturated carbocycles. The van der Waals surface area contributed by atoms with Crippen molar-refractivity contribution in [2.45, 2.75) is 38.1 Å². The highest BCUT2D eigenvalue weighted by Crippen LogP contribution is 2.50.